The van der Waals surface area contributed by atoms with Crippen LogP contribution in [0.25, 0.3) is 10.8 Å². The van der Waals surface area contributed by atoms with E-state index in [1.54, 1.807) is 11.9 Å². The lowest BCUT2D eigenvalue weighted by atomic mass is 10.1. The van der Waals surface area contributed by atoms with E-state index in [9.17, 15) is 0 Å². The van der Waals surface area contributed by atoms with Gasteiger partial charge in [-0.3, -0.25) is 0 Å². The van der Waals surface area contributed by atoms with Crippen molar-refractivity contribution < 1.29 is 18.9 Å². The molecule has 0 spiro atoms. The molecule has 2 aliphatic rings. The number of ether oxygens (including phenoxy) is 4. The van der Waals surface area contributed by atoms with Crippen LogP contribution in [0.15, 0.2) is 87.7 Å². The van der Waals surface area contributed by atoms with Crippen molar-refractivity contribution in [2.45, 2.75) is 16.3 Å². The minimum atomic E-state index is 0.283. The number of hydrogen-bond acceptors (Lipinski definition) is 14. The number of anilines is 2. The van der Waals surface area contributed by atoms with Crippen LogP contribution in [0.4, 0.5) is 11.4 Å². The van der Waals surface area contributed by atoms with E-state index in [1.165, 1.54) is 11.9 Å². The predicted molar refractivity (Wildman–Crippen MR) is 177 cm³/mol. The van der Waals surface area contributed by atoms with Gasteiger partial charge in [-0.05, 0) is 72.4 Å². The van der Waals surface area contributed by atoms with Crippen molar-refractivity contribution in [3.63, 3.8) is 0 Å². The van der Waals surface area contributed by atoms with Gasteiger partial charge in [-0.1, -0.05) is 29.5 Å². The van der Waals surface area contributed by atoms with Crippen molar-refractivity contribution in [1.82, 2.24) is 26.2 Å². The summed E-state index contributed by atoms with van der Waals surface area (Å²) in [6, 6.07) is 24.2. The van der Waals surface area contributed by atoms with Gasteiger partial charge in [0.1, 0.15) is 32.3 Å². The number of amidine groups is 1. The third-order valence-electron chi connectivity index (χ3n) is 7.06. The molecular formula is C30H30N10O4S2. The number of nitrogens with one attached hydrogen (secondary N) is 2. The normalized spacial score (nSPS) is 13.8. The molecule has 0 bridgehead atoms. The maximum Gasteiger partial charge on any atom is 0.194 e. The van der Waals surface area contributed by atoms with Gasteiger partial charge in [0.25, 0.3) is 0 Å². The summed E-state index contributed by atoms with van der Waals surface area (Å²) in [6.45, 7) is 2.74. The summed E-state index contributed by atoms with van der Waals surface area (Å²) in [5, 5.41) is 20.8. The summed E-state index contributed by atoms with van der Waals surface area (Å²) in [5.74, 6) is 9.20. The molecule has 14 nitrogen and oxygen atoms in total. The van der Waals surface area contributed by atoms with E-state index in [2.05, 4.69) is 64.1 Å². The first-order chi connectivity index (χ1) is 22.6. The first kappa shape index (κ1) is 29.6. The molecule has 3 heterocycles. The van der Waals surface area contributed by atoms with Crippen molar-refractivity contribution in [2.24, 2.45) is 16.7 Å². The van der Waals surface area contributed by atoms with Crippen LogP contribution in [0, 0.1) is 0 Å². The Kier molecular flexibility index (Phi) is 8.71. The van der Waals surface area contributed by atoms with E-state index < -0.39 is 0 Å². The number of nitrogens with two attached hydrogens (primary N) is 2. The number of H-pyrrole nitrogens is 1. The van der Waals surface area contributed by atoms with Crippen LogP contribution in [0.1, 0.15) is 5.82 Å². The molecule has 0 fully saturated rings. The highest BCUT2D eigenvalue weighted by Crippen LogP contribution is 2.44. The number of fused-ring (bicyclic) bond motifs is 3. The Hall–Kier alpha value is -5.06. The number of benzene rings is 4. The molecule has 5 aromatic rings. The summed E-state index contributed by atoms with van der Waals surface area (Å²) in [7, 11) is 0. The van der Waals surface area contributed by atoms with Crippen LogP contribution in [0.3, 0.4) is 0 Å². The van der Waals surface area contributed by atoms with Gasteiger partial charge < -0.3 is 33.3 Å². The van der Waals surface area contributed by atoms with Gasteiger partial charge in [0.2, 0.25) is 0 Å². The smallest absolute Gasteiger partial charge is 0.194 e. The van der Waals surface area contributed by atoms with Gasteiger partial charge >= 0.3 is 0 Å². The van der Waals surface area contributed by atoms with E-state index in [-0.39, 0.29) is 6.54 Å². The number of hydrazone groups is 1. The fraction of sp³-hybridized carbons (Fsp3) is 0.200. The van der Waals surface area contributed by atoms with Crippen LogP contribution in [0.5, 0.6) is 23.0 Å². The molecule has 16 heteroatoms. The van der Waals surface area contributed by atoms with Crippen LogP contribution in [-0.2, 0) is 6.54 Å². The quantitative estimate of drug-likeness (QED) is 0.0529. The second-order valence-electron chi connectivity index (χ2n) is 10.1. The Morgan fingerprint density at radius 3 is 1.91 bits per heavy atom. The summed E-state index contributed by atoms with van der Waals surface area (Å²) in [6.07, 6.45) is 0. The Balaban J connectivity index is 1.27. The lowest BCUT2D eigenvalue weighted by Crippen LogP contribution is -2.32. The molecule has 0 unspecified atom stereocenters. The summed E-state index contributed by atoms with van der Waals surface area (Å²) in [5.41, 5.74) is 10.5. The molecule has 7 rings (SSSR count). The Morgan fingerprint density at radius 2 is 1.35 bits per heavy atom. The highest BCUT2D eigenvalue weighted by atomic mass is 32.2. The average molecular weight is 659 g/mol. The second kappa shape index (κ2) is 13.5. The molecule has 4 aromatic carbocycles. The van der Waals surface area contributed by atoms with E-state index >= 15 is 0 Å². The van der Waals surface area contributed by atoms with Gasteiger partial charge in [-0.2, -0.15) is 10.3 Å². The Morgan fingerprint density at radius 1 is 0.783 bits per heavy atom. The number of hydrazine groups is 1. The third kappa shape index (κ3) is 6.49. The summed E-state index contributed by atoms with van der Waals surface area (Å²) >= 11 is 3.05. The number of hydrogen-bond donors (Lipinski definition) is 4. The average Bonchev–Trinajstić information content (AvgIpc) is 3.60. The van der Waals surface area contributed by atoms with Crippen molar-refractivity contribution >= 4 is 51.9 Å². The van der Waals surface area contributed by atoms with Crippen molar-refractivity contribution in [2.75, 3.05) is 41.6 Å². The van der Waals surface area contributed by atoms with Crippen LogP contribution in [-0.4, -0.2) is 59.4 Å². The number of tetrazole rings is 1. The zero-order chi connectivity index (χ0) is 31.3. The van der Waals surface area contributed by atoms with E-state index in [1.807, 2.05) is 48.5 Å². The van der Waals surface area contributed by atoms with Gasteiger partial charge in [0.05, 0.1) is 24.5 Å². The lowest BCUT2D eigenvalue weighted by Gasteiger charge is -2.28. The molecule has 0 radical (unpaired) electrons. The van der Waals surface area contributed by atoms with Crippen LogP contribution >= 0.6 is 23.9 Å². The maximum absolute atomic E-state index is 6.27. The summed E-state index contributed by atoms with van der Waals surface area (Å²) in [4.78, 5) is 1.91. The van der Waals surface area contributed by atoms with Crippen molar-refractivity contribution in [1.29, 1.82) is 0 Å². The lowest BCUT2D eigenvalue weighted by molar-refractivity contribution is 0.171. The van der Waals surface area contributed by atoms with Crippen LogP contribution < -0.4 is 44.7 Å². The highest BCUT2D eigenvalue weighted by molar-refractivity contribution is 8.01. The second-order valence-corrected chi connectivity index (χ2v) is 12.3. The van der Waals surface area contributed by atoms with E-state index in [0.29, 0.717) is 56.1 Å². The molecular weight excluding hydrogens is 629 g/mol. The molecule has 0 saturated heterocycles. The number of rotatable bonds is 11. The largest absolute Gasteiger partial charge is 0.486 e. The maximum atomic E-state index is 6.27. The monoisotopic (exact) mass is 658 g/mol. The molecule has 0 saturated carbocycles. The topological polar surface area (TPSA) is 174 Å². The minimum Gasteiger partial charge on any atom is -0.486 e. The Bertz CT molecular complexity index is 1860. The predicted octanol–water partition coefficient (Wildman–Crippen LogP) is 3.86. The number of aromatic nitrogens is 4. The van der Waals surface area contributed by atoms with E-state index in [4.69, 9.17) is 30.5 Å². The molecule has 0 amide bonds. The first-order valence-corrected chi connectivity index (χ1v) is 15.9. The molecule has 0 atom stereocenters. The summed E-state index contributed by atoms with van der Waals surface area (Å²) < 4.78 is 27.3. The minimum absolute atomic E-state index is 0.283. The molecule has 1 aromatic heterocycles. The molecule has 236 valence electrons. The van der Waals surface area contributed by atoms with Gasteiger partial charge in [-0.25, -0.2) is 11.4 Å². The third-order valence-corrected chi connectivity index (χ3v) is 9.08. The van der Waals surface area contributed by atoms with Crippen LogP contribution in [0.2, 0.25) is 0 Å². The Labute approximate surface area is 272 Å². The van der Waals surface area contributed by atoms with Crippen molar-refractivity contribution in [3.05, 3.63) is 78.6 Å². The molecule has 46 heavy (non-hydrogen) atoms. The SMILES string of the molecule is NN/N=C(\N)CN(Sc1ccc2c(c1)OCCO2)c1ccc(N(Cc2nn[nH]n2)Sc2ccc3c(c2)OCCO3)c2ccccc12. The highest BCUT2D eigenvalue weighted by Gasteiger charge is 2.22. The zero-order valence-electron chi connectivity index (χ0n) is 24.5. The molecule has 0 aliphatic carbocycles. The number of nitrogens with zero attached hydrogens (tertiary/aromatic N) is 6. The van der Waals surface area contributed by atoms with Crippen molar-refractivity contribution in [3.8, 4) is 23.0 Å². The zero-order valence-corrected chi connectivity index (χ0v) is 26.1. The standard InChI is InChI=1S/C30H30N10O4S2/c31-29(33-36-32)17-39(45-19-5-9-25-27(15-19)43-13-11-41-25)23-7-8-24(22-4-2-1-3-21(22)23)40(18-30-34-37-38-35-30)46-20-6-10-26-28(16-20)44-14-12-42-26/h1-10,15-16,36H,11-14,17-18,32H2,(H2,31,33)(H,34,35,37,38). The van der Waals surface area contributed by atoms with Gasteiger partial charge in [0.15, 0.2) is 28.8 Å². The number of aromatic amines is 1. The van der Waals surface area contributed by atoms with E-state index in [0.717, 1.165) is 43.4 Å². The fourth-order valence-corrected chi connectivity index (χ4v) is 7.07. The molecule has 2 aliphatic heterocycles. The fourth-order valence-electron chi connectivity index (χ4n) is 5.09. The molecule has 6 N–H and O–H groups in total. The van der Waals surface area contributed by atoms with Gasteiger partial charge in [-0.15, -0.1) is 10.2 Å². The first-order valence-electron chi connectivity index (χ1n) is 14.4. The van der Waals surface area contributed by atoms with Gasteiger partial charge in [0, 0.05) is 20.6 Å².